The summed E-state index contributed by atoms with van der Waals surface area (Å²) >= 11 is 0. The molecule has 0 aliphatic rings. The Morgan fingerprint density at radius 2 is 1.55 bits per heavy atom. The van der Waals surface area contributed by atoms with Crippen molar-refractivity contribution in [2.75, 3.05) is 0 Å². The van der Waals surface area contributed by atoms with E-state index >= 15 is 0 Å². The molecule has 7 nitrogen and oxygen atoms in total. The van der Waals surface area contributed by atoms with Gasteiger partial charge in [-0.1, -0.05) is 0 Å². The van der Waals surface area contributed by atoms with Gasteiger partial charge >= 0.3 is 0 Å². The Kier molecular flexibility index (Phi) is 3.66. The van der Waals surface area contributed by atoms with Crippen LogP contribution in [0.25, 0.3) is 22.3 Å². The molecule has 0 unspecified atom stereocenters. The Labute approximate surface area is 123 Å². The predicted octanol–water partition coefficient (Wildman–Crippen LogP) is 2.44. The van der Waals surface area contributed by atoms with Crippen molar-refractivity contribution in [3.05, 3.63) is 46.6 Å². The van der Waals surface area contributed by atoms with Crippen LogP contribution in [0.3, 0.4) is 0 Å². The van der Waals surface area contributed by atoms with Gasteiger partial charge in [-0.2, -0.15) is 0 Å². The minimum Gasteiger partial charge on any atom is -0.508 e. The molecule has 0 aliphatic carbocycles. The highest BCUT2D eigenvalue weighted by molar-refractivity contribution is 5.86. The van der Waals surface area contributed by atoms with Crippen LogP contribution in [0.5, 0.6) is 23.0 Å². The summed E-state index contributed by atoms with van der Waals surface area (Å²) < 4.78 is 5.47. The summed E-state index contributed by atoms with van der Waals surface area (Å²) in [4.78, 5) is 12.0. The minimum atomic E-state index is -0.490. The van der Waals surface area contributed by atoms with Gasteiger partial charge in [0.2, 0.25) is 0 Å². The van der Waals surface area contributed by atoms with E-state index in [-0.39, 0.29) is 45.9 Å². The van der Waals surface area contributed by atoms with Crippen molar-refractivity contribution in [3.63, 3.8) is 0 Å². The zero-order valence-electron chi connectivity index (χ0n) is 11.3. The molecule has 0 saturated carbocycles. The third-order valence-electron chi connectivity index (χ3n) is 3.05. The number of rotatable bonds is 1. The molecule has 0 radical (unpaired) electrons. The standard InChI is InChI=1S/C15H10O6.H3N/c16-8-4-11(19)15-12(20)6-13(21-14(15)5-8)7-1-2-9(17)10(18)3-7;/h1-6,16-19H;1H3. The van der Waals surface area contributed by atoms with E-state index in [1.54, 1.807) is 0 Å². The average molecular weight is 303 g/mol. The first-order valence-corrected chi connectivity index (χ1v) is 5.98. The molecule has 1 aromatic heterocycles. The monoisotopic (exact) mass is 303 g/mol. The van der Waals surface area contributed by atoms with Gasteiger partial charge in [-0.3, -0.25) is 4.79 Å². The molecule has 0 spiro atoms. The molecule has 2 aromatic carbocycles. The Hall–Kier alpha value is -3.19. The van der Waals surface area contributed by atoms with E-state index < -0.39 is 5.43 Å². The highest BCUT2D eigenvalue weighted by Crippen LogP contribution is 2.33. The predicted molar refractivity (Wildman–Crippen MR) is 79.6 cm³/mol. The first-order valence-electron chi connectivity index (χ1n) is 5.98. The smallest absolute Gasteiger partial charge is 0.197 e. The molecule has 3 aromatic rings. The molecule has 3 rings (SSSR count). The normalized spacial score (nSPS) is 10.4. The lowest BCUT2D eigenvalue weighted by Crippen LogP contribution is -2.00. The van der Waals surface area contributed by atoms with E-state index in [0.29, 0.717) is 5.56 Å². The van der Waals surface area contributed by atoms with Crippen LogP contribution in [0.15, 0.2) is 45.6 Å². The summed E-state index contributed by atoms with van der Waals surface area (Å²) in [5.41, 5.74) is -0.106. The lowest BCUT2D eigenvalue weighted by Gasteiger charge is -2.06. The molecule has 0 bridgehead atoms. The lowest BCUT2D eigenvalue weighted by molar-refractivity contribution is 0.404. The third-order valence-corrected chi connectivity index (χ3v) is 3.05. The van der Waals surface area contributed by atoms with Gasteiger partial charge in [0.15, 0.2) is 16.9 Å². The Morgan fingerprint density at radius 1 is 0.818 bits per heavy atom. The van der Waals surface area contributed by atoms with Crippen LogP contribution >= 0.6 is 0 Å². The van der Waals surface area contributed by atoms with E-state index in [4.69, 9.17) is 4.42 Å². The number of fused-ring (bicyclic) bond motifs is 1. The molecule has 0 aliphatic heterocycles. The summed E-state index contributed by atoms with van der Waals surface area (Å²) in [7, 11) is 0. The van der Waals surface area contributed by atoms with Crippen molar-refractivity contribution in [2.45, 2.75) is 0 Å². The number of phenolic OH excluding ortho intramolecular Hbond substituents is 4. The summed E-state index contributed by atoms with van der Waals surface area (Å²) in [5.74, 6) is -1.13. The highest BCUT2D eigenvalue weighted by atomic mass is 16.3. The molecule has 1 heterocycles. The molecule has 22 heavy (non-hydrogen) atoms. The quantitative estimate of drug-likeness (QED) is 0.434. The van der Waals surface area contributed by atoms with Gasteiger partial charge in [-0.15, -0.1) is 0 Å². The van der Waals surface area contributed by atoms with Crippen LogP contribution in [0, 0.1) is 0 Å². The first kappa shape index (κ1) is 15.2. The van der Waals surface area contributed by atoms with Crippen molar-refractivity contribution >= 4 is 11.0 Å². The number of phenols is 4. The molecule has 0 amide bonds. The Bertz CT molecular complexity index is 916. The molecule has 0 fully saturated rings. The maximum absolute atomic E-state index is 12.0. The second-order valence-electron chi connectivity index (χ2n) is 4.52. The van der Waals surface area contributed by atoms with Crippen LogP contribution in [0.2, 0.25) is 0 Å². The van der Waals surface area contributed by atoms with E-state index in [0.717, 1.165) is 12.1 Å². The number of hydrogen-bond donors (Lipinski definition) is 5. The van der Waals surface area contributed by atoms with Crippen LogP contribution in [0.4, 0.5) is 0 Å². The molecule has 114 valence electrons. The average Bonchev–Trinajstić information content (AvgIpc) is 2.40. The third kappa shape index (κ3) is 2.40. The van der Waals surface area contributed by atoms with Crippen LogP contribution in [-0.2, 0) is 0 Å². The number of benzene rings is 2. The molecule has 7 heteroatoms. The van der Waals surface area contributed by atoms with Crippen molar-refractivity contribution in [1.29, 1.82) is 0 Å². The summed E-state index contributed by atoms with van der Waals surface area (Å²) in [6.45, 7) is 0. The van der Waals surface area contributed by atoms with Gasteiger partial charge in [-0.25, -0.2) is 0 Å². The van der Waals surface area contributed by atoms with Gasteiger partial charge < -0.3 is 31.0 Å². The second kappa shape index (κ2) is 5.30. The van der Waals surface area contributed by atoms with E-state index in [1.807, 2.05) is 0 Å². The first-order chi connectivity index (χ1) is 9.95. The van der Waals surface area contributed by atoms with Crippen molar-refractivity contribution in [2.24, 2.45) is 0 Å². The summed E-state index contributed by atoms with van der Waals surface area (Å²) in [6.07, 6.45) is 0. The maximum atomic E-state index is 12.0. The number of hydrogen-bond acceptors (Lipinski definition) is 7. The molecule has 0 atom stereocenters. The molecular formula is C15H13NO6. The van der Waals surface area contributed by atoms with Crippen LogP contribution in [-0.4, -0.2) is 20.4 Å². The summed E-state index contributed by atoms with van der Waals surface area (Å²) in [5, 5.41) is 37.9. The van der Waals surface area contributed by atoms with Gasteiger partial charge in [0.05, 0.1) is 0 Å². The highest BCUT2D eigenvalue weighted by Gasteiger charge is 2.13. The zero-order valence-corrected chi connectivity index (χ0v) is 11.3. The SMILES string of the molecule is N.O=c1cc(-c2ccc(O)c(O)c2)oc2cc(O)cc(O)c12. The fourth-order valence-corrected chi connectivity index (χ4v) is 2.07. The Balaban J connectivity index is 0.00000176. The van der Waals surface area contributed by atoms with Crippen LogP contribution in [0.1, 0.15) is 0 Å². The minimum absolute atomic E-state index is 0. The van der Waals surface area contributed by atoms with E-state index in [2.05, 4.69) is 0 Å². The molecule has 7 N–H and O–H groups in total. The molecule has 0 saturated heterocycles. The van der Waals surface area contributed by atoms with Gasteiger partial charge in [0.25, 0.3) is 0 Å². The van der Waals surface area contributed by atoms with Gasteiger partial charge in [-0.05, 0) is 18.2 Å². The zero-order chi connectivity index (χ0) is 15.1. The fraction of sp³-hybridized carbons (Fsp3) is 0. The van der Waals surface area contributed by atoms with E-state index in [9.17, 15) is 25.2 Å². The lowest BCUT2D eigenvalue weighted by atomic mass is 10.1. The van der Waals surface area contributed by atoms with Crippen molar-refractivity contribution < 1.29 is 24.8 Å². The maximum Gasteiger partial charge on any atom is 0.197 e. The fourth-order valence-electron chi connectivity index (χ4n) is 2.07. The largest absolute Gasteiger partial charge is 0.508 e. The topological polar surface area (TPSA) is 146 Å². The Morgan fingerprint density at radius 3 is 2.23 bits per heavy atom. The molecular weight excluding hydrogens is 290 g/mol. The van der Waals surface area contributed by atoms with Crippen LogP contribution < -0.4 is 11.6 Å². The van der Waals surface area contributed by atoms with Gasteiger partial charge in [0.1, 0.15) is 28.2 Å². The van der Waals surface area contributed by atoms with Crippen molar-refractivity contribution in [3.8, 4) is 34.3 Å². The second-order valence-corrected chi connectivity index (χ2v) is 4.52. The summed E-state index contributed by atoms with van der Waals surface area (Å²) in [6, 6.07) is 7.37. The van der Waals surface area contributed by atoms with E-state index in [1.165, 1.54) is 24.3 Å². The van der Waals surface area contributed by atoms with Crippen molar-refractivity contribution in [1.82, 2.24) is 6.15 Å². The number of aromatic hydroxyl groups is 4. The van der Waals surface area contributed by atoms with Gasteiger partial charge in [0, 0.05) is 23.8 Å².